The molecule has 0 amide bonds. The predicted molar refractivity (Wildman–Crippen MR) is 159 cm³/mol. The first kappa shape index (κ1) is 22.2. The number of allylic oxidation sites excluding steroid dienone is 14. The third kappa shape index (κ3) is 3.55. The molecule has 8 rings (SSSR count). The molecule has 4 heteroatoms. The molecule has 2 atom stereocenters. The maximum absolute atomic E-state index is 9.38. The number of nitrogens with zero attached hydrogens (tertiary/aromatic N) is 3. The molecule has 0 fully saturated rings. The second-order valence-electron chi connectivity index (χ2n) is 10.2. The monoisotopic (exact) mass is 515 g/mol. The van der Waals surface area contributed by atoms with E-state index in [2.05, 4.69) is 90.0 Å². The molecule has 4 aliphatic rings. The molecule has 0 saturated heterocycles. The van der Waals surface area contributed by atoms with Crippen molar-refractivity contribution < 1.29 is 0 Å². The van der Waals surface area contributed by atoms with Crippen LogP contribution in [-0.2, 0) is 0 Å². The summed E-state index contributed by atoms with van der Waals surface area (Å²) in [5.41, 5.74) is 12.7. The van der Waals surface area contributed by atoms with E-state index in [4.69, 9.17) is 4.98 Å². The van der Waals surface area contributed by atoms with E-state index in [9.17, 15) is 5.26 Å². The minimum atomic E-state index is 0.323. The molecule has 182 valence electrons. The molecule has 0 N–H and O–H groups in total. The highest BCUT2D eigenvalue weighted by Crippen LogP contribution is 2.52. The smallest absolute Gasteiger partial charge is 0.124 e. The largest absolute Gasteiger partial charge is 0.264 e. The predicted octanol–water partition coefficient (Wildman–Crippen LogP) is 8.39. The summed E-state index contributed by atoms with van der Waals surface area (Å²) in [5.74, 6) is 0.693. The average Bonchev–Trinajstić information content (AvgIpc) is 3.43. The topological polar surface area (TPSA) is 49.6 Å². The van der Waals surface area contributed by atoms with Crippen LogP contribution in [0.1, 0.15) is 11.1 Å². The second kappa shape index (κ2) is 8.59. The molecule has 2 heterocycles. The highest BCUT2D eigenvalue weighted by atomic mass is 32.1. The lowest BCUT2D eigenvalue weighted by molar-refractivity contribution is 0.567. The summed E-state index contributed by atoms with van der Waals surface area (Å²) >= 11 is 1.63. The molecule has 0 saturated carbocycles. The van der Waals surface area contributed by atoms with Crippen LogP contribution in [0.5, 0.6) is 0 Å². The van der Waals surface area contributed by atoms with Crippen LogP contribution in [0.15, 0.2) is 138 Å². The van der Waals surface area contributed by atoms with Crippen molar-refractivity contribution >= 4 is 27.1 Å². The molecule has 4 aliphatic carbocycles. The third-order valence-corrected chi connectivity index (χ3v) is 9.05. The number of fused-ring (bicyclic) bond motifs is 1. The van der Waals surface area contributed by atoms with Crippen LogP contribution in [0.25, 0.3) is 37.5 Å². The summed E-state index contributed by atoms with van der Waals surface area (Å²) in [5, 5.41) is 10.3. The van der Waals surface area contributed by atoms with Gasteiger partial charge in [0.2, 0.25) is 0 Å². The number of hydrogen-bond acceptors (Lipinski definition) is 4. The fraction of sp³-hybridized carbons (Fsp3) is 0.0571. The normalized spacial score (nSPS) is 20.3. The van der Waals surface area contributed by atoms with Gasteiger partial charge < -0.3 is 0 Å². The van der Waals surface area contributed by atoms with E-state index in [0.29, 0.717) is 17.4 Å². The number of aromatic nitrogens is 2. The van der Waals surface area contributed by atoms with Gasteiger partial charge in [-0.15, -0.1) is 11.3 Å². The van der Waals surface area contributed by atoms with Gasteiger partial charge in [-0.1, -0.05) is 60.8 Å². The summed E-state index contributed by atoms with van der Waals surface area (Å²) in [7, 11) is 0. The van der Waals surface area contributed by atoms with Crippen LogP contribution in [0.3, 0.4) is 0 Å². The molecular formula is C35H21N3S. The summed E-state index contributed by atoms with van der Waals surface area (Å²) in [6.45, 7) is 0. The fourth-order valence-corrected chi connectivity index (χ4v) is 7.20. The van der Waals surface area contributed by atoms with Crippen LogP contribution in [-0.4, -0.2) is 9.97 Å². The van der Waals surface area contributed by atoms with E-state index < -0.39 is 0 Å². The lowest BCUT2D eigenvalue weighted by Gasteiger charge is -2.41. The number of nitriles is 1. The van der Waals surface area contributed by atoms with Crippen molar-refractivity contribution in [1.29, 1.82) is 5.26 Å². The Labute approximate surface area is 230 Å². The Kier molecular flexibility index (Phi) is 4.88. The van der Waals surface area contributed by atoms with E-state index >= 15 is 0 Å². The third-order valence-electron chi connectivity index (χ3n) is 7.98. The summed E-state index contributed by atoms with van der Waals surface area (Å²) < 4.78 is 1.02. The first-order chi connectivity index (χ1) is 19.2. The Morgan fingerprint density at radius 2 is 1.59 bits per heavy atom. The Morgan fingerprint density at radius 3 is 2.44 bits per heavy atom. The van der Waals surface area contributed by atoms with Crippen molar-refractivity contribution in [2.75, 3.05) is 0 Å². The van der Waals surface area contributed by atoms with Gasteiger partial charge in [0.1, 0.15) is 5.01 Å². The van der Waals surface area contributed by atoms with Crippen molar-refractivity contribution in [3.05, 3.63) is 149 Å². The molecule has 3 nitrogen and oxygen atoms in total. The van der Waals surface area contributed by atoms with Gasteiger partial charge in [0.25, 0.3) is 0 Å². The van der Waals surface area contributed by atoms with Gasteiger partial charge in [-0.25, -0.2) is 4.98 Å². The van der Waals surface area contributed by atoms with Crippen LogP contribution in [0.4, 0.5) is 0 Å². The maximum Gasteiger partial charge on any atom is 0.124 e. The van der Waals surface area contributed by atoms with Gasteiger partial charge in [-0.2, -0.15) is 5.26 Å². The summed E-state index contributed by atoms with van der Waals surface area (Å²) in [6, 6.07) is 18.8. The van der Waals surface area contributed by atoms with Crippen LogP contribution >= 0.6 is 11.3 Å². The molecule has 2 unspecified atom stereocenters. The Bertz CT molecular complexity index is 1970. The standard InChI is InChI=1S/C35H21N3S/c36-19-21-9-12-31-32(14-21)39-35(38-31)28-16-26(25-7-3-13-37-20-25)15-27(17-28)30-18-24-6-1-4-22-10-11-23-5-2-8-29(30)34(23)33(22)24/h1-18,20,33-34H. The summed E-state index contributed by atoms with van der Waals surface area (Å²) in [6.07, 6.45) is 24.1. The van der Waals surface area contributed by atoms with E-state index in [1.54, 1.807) is 11.3 Å². The van der Waals surface area contributed by atoms with Gasteiger partial charge in [-0.3, -0.25) is 4.98 Å². The van der Waals surface area contributed by atoms with Gasteiger partial charge in [-0.05, 0) is 81.5 Å². The van der Waals surface area contributed by atoms with E-state index in [1.165, 1.54) is 33.4 Å². The van der Waals surface area contributed by atoms with Gasteiger partial charge in [0.15, 0.2) is 0 Å². The quantitative estimate of drug-likeness (QED) is 0.275. The first-order valence-corrected chi connectivity index (χ1v) is 13.8. The van der Waals surface area contributed by atoms with Gasteiger partial charge >= 0.3 is 0 Å². The average molecular weight is 516 g/mol. The highest BCUT2D eigenvalue weighted by Gasteiger charge is 2.38. The molecule has 0 spiro atoms. The Morgan fingerprint density at radius 1 is 0.769 bits per heavy atom. The summed E-state index contributed by atoms with van der Waals surface area (Å²) in [4.78, 5) is 9.36. The number of pyridine rings is 1. The zero-order valence-electron chi connectivity index (χ0n) is 20.9. The number of thiazole rings is 1. The van der Waals surface area contributed by atoms with Crippen molar-refractivity contribution in [2.24, 2.45) is 11.8 Å². The molecular weight excluding hydrogens is 494 g/mol. The molecule has 4 aromatic rings. The highest BCUT2D eigenvalue weighted by molar-refractivity contribution is 7.21. The molecule has 0 radical (unpaired) electrons. The Balaban J connectivity index is 1.36. The zero-order valence-corrected chi connectivity index (χ0v) is 21.7. The van der Waals surface area contributed by atoms with Crippen molar-refractivity contribution in [2.45, 2.75) is 0 Å². The first-order valence-electron chi connectivity index (χ1n) is 13.0. The zero-order chi connectivity index (χ0) is 25.9. The van der Waals surface area contributed by atoms with Crippen LogP contribution in [0, 0.1) is 23.2 Å². The van der Waals surface area contributed by atoms with Crippen molar-refractivity contribution in [3.63, 3.8) is 0 Å². The molecule has 0 aliphatic heterocycles. The molecule has 2 aromatic carbocycles. The number of benzene rings is 2. The minimum Gasteiger partial charge on any atom is -0.264 e. The van der Waals surface area contributed by atoms with E-state index in [-0.39, 0.29) is 0 Å². The SMILES string of the molecule is N#Cc1ccc2nc(-c3cc(C4=C5C=CC=C6C=CC7=CC=CC(=C4)C7C65)cc(-c4cccnc4)c3)sc2c1. The number of hydrogen-bond donors (Lipinski definition) is 0. The van der Waals surface area contributed by atoms with Crippen molar-refractivity contribution in [3.8, 4) is 27.8 Å². The van der Waals surface area contributed by atoms with Gasteiger partial charge in [0, 0.05) is 35.4 Å². The fourth-order valence-electron chi connectivity index (χ4n) is 6.21. The van der Waals surface area contributed by atoms with Crippen molar-refractivity contribution in [1.82, 2.24) is 9.97 Å². The van der Waals surface area contributed by atoms with Crippen LogP contribution < -0.4 is 0 Å². The van der Waals surface area contributed by atoms with Gasteiger partial charge in [0.05, 0.1) is 21.8 Å². The minimum absolute atomic E-state index is 0.323. The molecule has 2 aromatic heterocycles. The molecule has 39 heavy (non-hydrogen) atoms. The second-order valence-corrected chi connectivity index (χ2v) is 11.2. The van der Waals surface area contributed by atoms with E-state index in [0.717, 1.165) is 31.9 Å². The van der Waals surface area contributed by atoms with E-state index in [1.807, 2.05) is 36.7 Å². The lowest BCUT2D eigenvalue weighted by atomic mass is 9.62. The van der Waals surface area contributed by atoms with Crippen LogP contribution in [0.2, 0.25) is 0 Å². The Hall–Kier alpha value is -4.85. The number of rotatable bonds is 3. The maximum atomic E-state index is 9.38. The molecule has 0 bridgehead atoms. The lowest BCUT2D eigenvalue weighted by Crippen LogP contribution is -2.29.